The van der Waals surface area contributed by atoms with Crippen LogP contribution in [0.1, 0.15) is 14.1 Å². The average Bonchev–Trinajstić information content (AvgIpc) is 3.97. The number of pyridine rings is 2. The zero-order valence-corrected chi connectivity index (χ0v) is 28.8. The summed E-state index contributed by atoms with van der Waals surface area (Å²) >= 11 is 2.89. The number of aromatic nitrogens is 6. The van der Waals surface area contributed by atoms with Crippen LogP contribution in [-0.4, -0.2) is 41.8 Å². The zero-order valence-electron chi connectivity index (χ0n) is 29.1. The molecule has 2 aliphatic rings. The highest BCUT2D eigenvalue weighted by molar-refractivity contribution is 7.14. The number of rotatable bonds is 6. The lowest BCUT2D eigenvalue weighted by molar-refractivity contribution is -0.286. The normalized spacial score (nSPS) is 15.2. The quantitative estimate of drug-likeness (QED) is 0.171. The van der Waals surface area contributed by atoms with E-state index in [0.717, 1.165) is 56.3 Å². The van der Waals surface area contributed by atoms with Gasteiger partial charge in [-0.05, 0) is 62.4 Å². The van der Waals surface area contributed by atoms with Gasteiger partial charge < -0.3 is 29.6 Å². The fourth-order valence-corrected chi connectivity index (χ4v) is 7.29. The Morgan fingerprint density at radius 1 is 0.673 bits per heavy atom. The molecule has 0 fully saturated rings. The summed E-state index contributed by atoms with van der Waals surface area (Å²) < 4.78 is 64.4. The first kappa shape index (κ1) is 29.5. The van der Waals surface area contributed by atoms with Crippen molar-refractivity contribution >= 4 is 55.6 Å². The van der Waals surface area contributed by atoms with Crippen molar-refractivity contribution in [1.82, 2.24) is 28.7 Å². The number of benzene rings is 2. The van der Waals surface area contributed by atoms with Crippen LogP contribution in [0, 0.1) is 13.8 Å². The monoisotopic (exact) mass is 738 g/mol. The minimum absolute atomic E-state index is 0.00623. The second-order valence-corrected chi connectivity index (χ2v) is 13.3. The van der Waals surface area contributed by atoms with E-state index in [1.54, 1.807) is 24.3 Å². The van der Waals surface area contributed by atoms with Crippen molar-refractivity contribution in [2.45, 2.75) is 20.1 Å². The van der Waals surface area contributed by atoms with E-state index in [9.17, 15) is 8.78 Å². The summed E-state index contributed by atoms with van der Waals surface area (Å²) in [5.41, 5.74) is 8.36. The molecule has 8 aromatic rings. The van der Waals surface area contributed by atoms with Crippen LogP contribution in [0.2, 0.25) is 0 Å². The molecule has 52 heavy (non-hydrogen) atoms. The van der Waals surface area contributed by atoms with Gasteiger partial charge in [-0.15, -0.1) is 31.5 Å². The van der Waals surface area contributed by atoms with Gasteiger partial charge in [-0.25, -0.2) is 19.9 Å². The number of halogens is 2. The topological polar surface area (TPSA) is 121 Å². The van der Waals surface area contributed by atoms with Crippen LogP contribution >= 0.6 is 22.7 Å². The highest BCUT2D eigenvalue weighted by Crippen LogP contribution is 2.43. The number of thiazole rings is 2. The van der Waals surface area contributed by atoms with E-state index in [2.05, 4.69) is 40.0 Å². The molecule has 10 rings (SSSR count). The molecule has 0 aliphatic carbocycles. The highest BCUT2D eigenvalue weighted by atomic mass is 32.1. The molecule has 0 unspecified atom stereocenters. The lowest BCUT2D eigenvalue weighted by Crippen LogP contribution is -2.25. The summed E-state index contributed by atoms with van der Waals surface area (Å²) in [4.78, 5) is 18.4. The van der Waals surface area contributed by atoms with Crippen LogP contribution in [0.15, 0.2) is 96.0 Å². The standard InChI is InChI=1S/C18H12F2N4O2S.C18H14N4O2S/c1-10-16(24-7-3-2-4-15(24)21-10)12-9-27-17(23-12)22-11-5-6-13-14(8-11)26-18(19,20)25-13;1-11-17(22-7-3-2-4-16(22)19-11)13-9-25-18(21-13)20-12-5-6-14-15(8-12)24-10-23-14/h2-9H,1H3,(H,22,23);2-9H,10H2,1H3,(H,20,21)/i;10D2. The number of ether oxygens (including phenoxy) is 4. The third kappa shape index (κ3) is 5.96. The van der Waals surface area contributed by atoms with Gasteiger partial charge in [-0.2, -0.15) is 0 Å². The summed E-state index contributed by atoms with van der Waals surface area (Å²) in [7, 11) is 0. The third-order valence-corrected chi connectivity index (χ3v) is 9.57. The van der Waals surface area contributed by atoms with Crippen molar-refractivity contribution in [1.29, 1.82) is 0 Å². The van der Waals surface area contributed by atoms with Crippen molar-refractivity contribution in [3.63, 3.8) is 0 Å². The van der Waals surface area contributed by atoms with E-state index in [0.29, 0.717) is 22.3 Å². The molecular formula is C36H26F2N8O4S2. The van der Waals surface area contributed by atoms with Gasteiger partial charge in [-0.3, -0.25) is 8.80 Å². The number of aryl methyl sites for hydroxylation is 2. The molecule has 2 aliphatic heterocycles. The fraction of sp³-hybridized carbons (Fsp3) is 0.111. The third-order valence-electron chi connectivity index (χ3n) is 8.05. The first-order valence-electron chi connectivity index (χ1n) is 16.7. The van der Waals surface area contributed by atoms with Crippen molar-refractivity contribution in [2.24, 2.45) is 0 Å². The number of fused-ring (bicyclic) bond motifs is 4. The molecule has 2 N–H and O–H groups in total. The number of nitrogens with one attached hydrogen (secondary N) is 2. The summed E-state index contributed by atoms with van der Waals surface area (Å²) in [5, 5.41) is 11.6. The fourth-order valence-electron chi connectivity index (χ4n) is 5.86. The van der Waals surface area contributed by atoms with E-state index in [4.69, 9.17) is 12.2 Å². The van der Waals surface area contributed by atoms with E-state index < -0.39 is 13.0 Å². The number of imidazole rings is 2. The van der Waals surface area contributed by atoms with Gasteiger partial charge in [0, 0.05) is 46.7 Å². The first-order valence-corrected chi connectivity index (χ1v) is 17.5. The molecule has 8 heterocycles. The molecular weight excluding hydrogens is 711 g/mol. The minimum Gasteiger partial charge on any atom is -0.454 e. The smallest absolute Gasteiger partial charge is 0.454 e. The Morgan fingerprint density at radius 3 is 1.79 bits per heavy atom. The molecule has 0 saturated heterocycles. The average molecular weight is 739 g/mol. The Balaban J connectivity index is 0.000000142. The maximum atomic E-state index is 13.1. The van der Waals surface area contributed by atoms with Crippen molar-refractivity contribution in [2.75, 3.05) is 17.4 Å². The van der Waals surface area contributed by atoms with Crippen LogP contribution < -0.4 is 29.6 Å². The molecule has 0 spiro atoms. The van der Waals surface area contributed by atoms with Crippen LogP contribution in [0.4, 0.5) is 30.4 Å². The maximum absolute atomic E-state index is 13.1. The Kier molecular flexibility index (Phi) is 7.09. The van der Waals surface area contributed by atoms with E-state index >= 15 is 0 Å². The van der Waals surface area contributed by atoms with Gasteiger partial charge in [0.15, 0.2) is 33.3 Å². The summed E-state index contributed by atoms with van der Waals surface area (Å²) in [6, 6.07) is 21.4. The van der Waals surface area contributed by atoms with Crippen LogP contribution in [0.5, 0.6) is 23.0 Å². The maximum Gasteiger partial charge on any atom is 0.586 e. The number of anilines is 4. The van der Waals surface area contributed by atoms with Crippen molar-refractivity contribution in [3.8, 4) is 45.8 Å². The van der Waals surface area contributed by atoms with Crippen LogP contribution in [0.3, 0.4) is 0 Å². The molecule has 260 valence electrons. The Morgan fingerprint density at radius 2 is 1.19 bits per heavy atom. The molecule has 0 radical (unpaired) electrons. The lowest BCUT2D eigenvalue weighted by atomic mass is 10.3. The first-order chi connectivity index (χ1) is 26.0. The molecule has 16 heteroatoms. The van der Waals surface area contributed by atoms with Crippen molar-refractivity contribution in [3.05, 3.63) is 107 Å². The molecule has 0 atom stereocenters. The Bertz CT molecular complexity index is 2530. The number of hydrogen-bond acceptors (Lipinski definition) is 12. The molecule has 0 amide bonds. The molecule has 2 aromatic carbocycles. The summed E-state index contributed by atoms with van der Waals surface area (Å²) in [6.07, 6.45) is 0.286. The van der Waals surface area contributed by atoms with Gasteiger partial charge in [-0.1, -0.05) is 12.1 Å². The summed E-state index contributed by atoms with van der Waals surface area (Å²) in [6.45, 7) is 1.78. The van der Waals surface area contributed by atoms with Gasteiger partial charge in [0.05, 0.1) is 22.8 Å². The van der Waals surface area contributed by atoms with Gasteiger partial charge in [0.2, 0.25) is 6.75 Å². The van der Waals surface area contributed by atoms with E-state index in [1.807, 2.05) is 82.2 Å². The number of nitrogens with zero attached hydrogens (tertiary/aromatic N) is 6. The molecule has 0 bridgehead atoms. The minimum atomic E-state index is -3.63. The molecule has 6 aromatic heterocycles. The predicted octanol–water partition coefficient (Wildman–Crippen LogP) is 9.07. The van der Waals surface area contributed by atoms with Gasteiger partial charge in [0.25, 0.3) is 0 Å². The highest BCUT2D eigenvalue weighted by Gasteiger charge is 2.43. The lowest BCUT2D eigenvalue weighted by Gasteiger charge is -2.04. The van der Waals surface area contributed by atoms with Gasteiger partial charge in [0.1, 0.15) is 25.4 Å². The zero-order chi connectivity index (χ0) is 37.2. The van der Waals surface area contributed by atoms with Crippen molar-refractivity contribution < 1.29 is 30.5 Å². The molecule has 0 saturated carbocycles. The second-order valence-electron chi connectivity index (χ2n) is 11.6. The Labute approximate surface area is 304 Å². The van der Waals surface area contributed by atoms with E-state index in [1.165, 1.54) is 34.8 Å². The van der Waals surface area contributed by atoms with E-state index in [-0.39, 0.29) is 11.5 Å². The van der Waals surface area contributed by atoms with Crippen LogP contribution in [0.25, 0.3) is 34.1 Å². The number of hydrogen-bond donors (Lipinski definition) is 2. The largest absolute Gasteiger partial charge is 0.586 e. The predicted molar refractivity (Wildman–Crippen MR) is 194 cm³/mol. The SMILES string of the molecule is Cc1nc2ccccn2c1-c1csc(Nc2ccc3c(c2)OC(F)(F)O3)n1.[2H]C1([2H])Oc2ccc(Nc3nc(-c4c(C)nc5ccccn45)cs3)cc2O1. The Hall–Kier alpha value is -6.26. The summed E-state index contributed by atoms with van der Waals surface area (Å²) in [5.74, 6) is 0.734. The number of alkyl halides is 2. The second kappa shape index (κ2) is 12.5. The van der Waals surface area contributed by atoms with Crippen LogP contribution in [-0.2, 0) is 0 Å². The van der Waals surface area contributed by atoms with Gasteiger partial charge >= 0.3 is 6.29 Å². The molecule has 12 nitrogen and oxygen atoms in total.